The lowest BCUT2D eigenvalue weighted by Crippen LogP contribution is -2.55. The summed E-state index contributed by atoms with van der Waals surface area (Å²) in [5, 5.41) is 16.1. The van der Waals surface area contributed by atoms with Gasteiger partial charge in [-0.1, -0.05) is 13.8 Å². The second-order valence-corrected chi connectivity index (χ2v) is 13.0. The van der Waals surface area contributed by atoms with Crippen LogP contribution < -0.4 is 0 Å². The fourth-order valence-electron chi connectivity index (χ4n) is 9.35. The van der Waals surface area contributed by atoms with E-state index < -0.39 is 5.60 Å². The molecule has 0 amide bonds. The summed E-state index contributed by atoms with van der Waals surface area (Å²) in [6.07, 6.45) is 11.9. The number of fused-ring (bicyclic) bond motifs is 6. The van der Waals surface area contributed by atoms with Crippen molar-refractivity contribution in [1.82, 2.24) is 9.78 Å². The zero-order valence-corrected chi connectivity index (χ0v) is 20.9. The van der Waals surface area contributed by atoms with Crippen LogP contribution in [0.25, 0.3) is 10.9 Å². The summed E-state index contributed by atoms with van der Waals surface area (Å²) in [4.78, 5) is 13.6. The lowest BCUT2D eigenvalue weighted by molar-refractivity contribution is -0.151. The number of hydrogen-bond acceptors (Lipinski definition) is 3. The molecule has 6 rings (SSSR count). The molecule has 2 aromatic rings. The first-order valence-electron chi connectivity index (χ1n) is 13.5. The van der Waals surface area contributed by atoms with Gasteiger partial charge in [-0.15, -0.1) is 0 Å². The molecule has 0 aliphatic heterocycles. The quantitative estimate of drug-likeness (QED) is 0.590. The van der Waals surface area contributed by atoms with E-state index in [1.165, 1.54) is 37.8 Å². The maximum Gasteiger partial charge on any atom is 0.157 e. The van der Waals surface area contributed by atoms with Gasteiger partial charge in [0.25, 0.3) is 0 Å². The van der Waals surface area contributed by atoms with Gasteiger partial charge in [0.05, 0.1) is 17.7 Å². The van der Waals surface area contributed by atoms with Crippen LogP contribution in [0.15, 0.2) is 24.4 Å². The van der Waals surface area contributed by atoms with Gasteiger partial charge < -0.3 is 5.11 Å². The third-order valence-electron chi connectivity index (χ3n) is 11.2. The van der Waals surface area contributed by atoms with Crippen LogP contribution in [0.4, 0.5) is 4.39 Å². The Morgan fingerprint density at radius 2 is 1.85 bits per heavy atom. The van der Waals surface area contributed by atoms with Crippen LogP contribution in [0.1, 0.15) is 78.6 Å². The van der Waals surface area contributed by atoms with Crippen molar-refractivity contribution in [2.75, 3.05) is 0 Å². The van der Waals surface area contributed by atoms with E-state index in [9.17, 15) is 14.3 Å². The van der Waals surface area contributed by atoms with Gasteiger partial charge in [0, 0.05) is 23.6 Å². The first-order valence-corrected chi connectivity index (χ1v) is 13.5. The third-order valence-corrected chi connectivity index (χ3v) is 11.2. The standard InChI is InChI=1S/C29H39FN2O2/c1-27(34)12-13-28(2)19(15-27)5-7-21-22-8-9-24(29(22,3)11-10-23(21)28)26(33)17-32-16-18-4-6-20(30)14-25(18)31-32/h4,6,14,16,19,21-24,34H,5,7-13,15,17H2,1-3H3/t19?,21?,22?,23?,24?,27-,28?,29?/m1/s1. The van der Waals surface area contributed by atoms with Gasteiger partial charge in [-0.25, -0.2) is 4.39 Å². The number of hydrogen-bond donors (Lipinski definition) is 1. The summed E-state index contributed by atoms with van der Waals surface area (Å²) in [5.74, 6) is 2.82. The topological polar surface area (TPSA) is 55.1 Å². The molecular weight excluding hydrogens is 427 g/mol. The van der Waals surface area contributed by atoms with Crippen molar-refractivity contribution in [1.29, 1.82) is 0 Å². The molecule has 0 spiro atoms. The van der Waals surface area contributed by atoms with Crippen LogP contribution >= 0.6 is 0 Å². The van der Waals surface area contributed by atoms with Gasteiger partial charge in [0.1, 0.15) is 5.82 Å². The number of nitrogens with zero attached hydrogens (tertiary/aromatic N) is 2. The summed E-state index contributed by atoms with van der Waals surface area (Å²) in [7, 11) is 0. The molecule has 4 aliphatic carbocycles. The van der Waals surface area contributed by atoms with Crippen molar-refractivity contribution in [3.05, 3.63) is 30.2 Å². The highest BCUT2D eigenvalue weighted by Crippen LogP contribution is 2.68. The molecule has 4 aliphatic rings. The van der Waals surface area contributed by atoms with E-state index in [4.69, 9.17) is 0 Å². The number of Topliss-reactive ketones (excluding diaryl/α,β-unsaturated/α-hetero) is 1. The number of benzene rings is 1. The second-order valence-electron chi connectivity index (χ2n) is 13.0. The molecule has 0 saturated heterocycles. The maximum atomic E-state index is 13.6. The SMILES string of the molecule is CC12CC[C@@](C)(O)CC1CCC1C2CCC2(C)C(C(=O)Cn3cc4ccc(F)cc4n3)CCC12. The van der Waals surface area contributed by atoms with E-state index in [1.54, 1.807) is 10.7 Å². The zero-order valence-electron chi connectivity index (χ0n) is 20.9. The van der Waals surface area contributed by atoms with Gasteiger partial charge in [0.2, 0.25) is 0 Å². The monoisotopic (exact) mass is 466 g/mol. The van der Waals surface area contributed by atoms with E-state index in [1.807, 2.05) is 13.1 Å². The van der Waals surface area contributed by atoms with Crippen LogP contribution in [-0.4, -0.2) is 26.3 Å². The number of carbonyl (C=O) groups excluding carboxylic acids is 1. The Bertz CT molecular complexity index is 1120. The fraction of sp³-hybridized carbons (Fsp3) is 0.724. The van der Waals surface area contributed by atoms with E-state index >= 15 is 0 Å². The molecule has 1 aromatic heterocycles. The molecular formula is C29H39FN2O2. The zero-order chi connectivity index (χ0) is 23.9. The Balaban J connectivity index is 1.20. The van der Waals surface area contributed by atoms with Gasteiger partial charge in [-0.3, -0.25) is 9.48 Å². The average Bonchev–Trinajstić information content (AvgIpc) is 3.33. The van der Waals surface area contributed by atoms with Crippen LogP contribution in [-0.2, 0) is 11.3 Å². The number of rotatable bonds is 3. The number of carbonyl (C=O) groups is 1. The lowest BCUT2D eigenvalue weighted by Gasteiger charge is -2.61. The molecule has 184 valence electrons. The van der Waals surface area contributed by atoms with Crippen molar-refractivity contribution >= 4 is 16.7 Å². The summed E-state index contributed by atoms with van der Waals surface area (Å²) < 4.78 is 15.3. The average molecular weight is 467 g/mol. The molecule has 0 bridgehead atoms. The Hall–Kier alpha value is -1.75. The number of aromatic nitrogens is 2. The van der Waals surface area contributed by atoms with Crippen LogP contribution in [0.3, 0.4) is 0 Å². The molecule has 1 heterocycles. The van der Waals surface area contributed by atoms with E-state index in [0.29, 0.717) is 28.6 Å². The minimum Gasteiger partial charge on any atom is -0.390 e. The lowest BCUT2D eigenvalue weighted by atomic mass is 9.44. The summed E-state index contributed by atoms with van der Waals surface area (Å²) >= 11 is 0. The van der Waals surface area contributed by atoms with Gasteiger partial charge >= 0.3 is 0 Å². The van der Waals surface area contributed by atoms with E-state index in [0.717, 1.165) is 49.3 Å². The molecule has 4 nitrogen and oxygen atoms in total. The molecule has 8 atom stereocenters. The van der Waals surface area contributed by atoms with Gasteiger partial charge in [-0.2, -0.15) is 5.10 Å². The number of ketones is 1. The Labute approximate surface area is 202 Å². The first kappa shape index (κ1) is 22.7. The molecule has 4 saturated carbocycles. The molecule has 4 fully saturated rings. The predicted octanol–water partition coefficient (Wildman–Crippen LogP) is 6.15. The van der Waals surface area contributed by atoms with E-state index in [-0.39, 0.29) is 23.7 Å². The minimum atomic E-state index is -0.492. The highest BCUT2D eigenvalue weighted by atomic mass is 19.1. The van der Waals surface area contributed by atoms with Crippen LogP contribution in [0.5, 0.6) is 0 Å². The third kappa shape index (κ3) is 3.40. The van der Waals surface area contributed by atoms with Crippen molar-refractivity contribution in [3.63, 3.8) is 0 Å². The van der Waals surface area contributed by atoms with Gasteiger partial charge in [-0.05, 0) is 111 Å². The van der Waals surface area contributed by atoms with Gasteiger partial charge in [0.15, 0.2) is 5.78 Å². The second kappa shape index (κ2) is 7.62. The molecule has 34 heavy (non-hydrogen) atoms. The van der Waals surface area contributed by atoms with E-state index in [2.05, 4.69) is 18.9 Å². The van der Waals surface area contributed by atoms with Crippen molar-refractivity contribution in [3.8, 4) is 0 Å². The summed E-state index contributed by atoms with van der Waals surface area (Å²) in [6.45, 7) is 7.24. The highest BCUT2D eigenvalue weighted by Gasteiger charge is 2.61. The highest BCUT2D eigenvalue weighted by molar-refractivity contribution is 5.83. The Morgan fingerprint density at radius 3 is 2.68 bits per heavy atom. The molecule has 5 heteroatoms. The van der Waals surface area contributed by atoms with Crippen molar-refractivity contribution in [2.45, 2.75) is 90.7 Å². The summed E-state index contributed by atoms with van der Waals surface area (Å²) in [6, 6.07) is 4.61. The largest absolute Gasteiger partial charge is 0.390 e. The minimum absolute atomic E-state index is 0.0836. The Morgan fingerprint density at radius 1 is 1.06 bits per heavy atom. The fourth-order valence-corrected chi connectivity index (χ4v) is 9.35. The van der Waals surface area contributed by atoms with Crippen molar-refractivity contribution < 1.29 is 14.3 Å². The molecule has 7 unspecified atom stereocenters. The number of halogens is 1. The summed E-state index contributed by atoms with van der Waals surface area (Å²) in [5.41, 5.74) is 0.549. The Kier molecular flexibility index (Phi) is 5.09. The predicted molar refractivity (Wildman–Crippen MR) is 131 cm³/mol. The normalized spacial score (nSPS) is 43.9. The first-order chi connectivity index (χ1) is 16.1. The van der Waals surface area contributed by atoms with Crippen LogP contribution in [0, 0.1) is 46.2 Å². The smallest absolute Gasteiger partial charge is 0.157 e. The maximum absolute atomic E-state index is 13.6. The number of aliphatic hydroxyl groups is 1. The van der Waals surface area contributed by atoms with Crippen molar-refractivity contribution in [2.24, 2.45) is 40.4 Å². The molecule has 0 radical (unpaired) electrons. The van der Waals surface area contributed by atoms with Crippen LogP contribution in [0.2, 0.25) is 0 Å². The molecule has 1 aromatic carbocycles. The molecule has 1 N–H and O–H groups in total.